The third-order valence-corrected chi connectivity index (χ3v) is 7.82. The number of aromatic nitrogens is 7. The molecule has 4 aromatic rings. The molecular formula is C28H25ClF8N10O2. The summed E-state index contributed by atoms with van der Waals surface area (Å²) < 4.78 is 108. The first-order valence-electron chi connectivity index (χ1n) is 14.4. The maximum absolute atomic E-state index is 13.8. The molecule has 21 heteroatoms. The second-order valence-corrected chi connectivity index (χ2v) is 11.4. The quantitative estimate of drug-likeness (QED) is 0.210. The molecular weight excluding hydrogens is 696 g/mol. The zero-order chi connectivity index (χ0) is 35.7. The molecule has 262 valence electrons. The van der Waals surface area contributed by atoms with Gasteiger partial charge >= 0.3 is 24.9 Å². The van der Waals surface area contributed by atoms with Crippen LogP contribution in [0.5, 0.6) is 0 Å². The Bertz CT molecular complexity index is 1860. The number of aryl methyl sites for hydroxylation is 1. The van der Waals surface area contributed by atoms with Gasteiger partial charge in [-0.25, -0.2) is 24.4 Å². The molecule has 1 aliphatic rings. The molecule has 4 aromatic heterocycles. The summed E-state index contributed by atoms with van der Waals surface area (Å²) in [5, 5.41) is 7.68. The molecule has 0 bridgehead atoms. The zero-order valence-corrected chi connectivity index (χ0v) is 25.9. The predicted octanol–water partition coefficient (Wildman–Crippen LogP) is 6.06. The maximum Gasteiger partial charge on any atom is 0.420 e. The van der Waals surface area contributed by atoms with E-state index < -0.39 is 65.5 Å². The third-order valence-electron chi connectivity index (χ3n) is 7.54. The molecule has 0 saturated heterocycles. The van der Waals surface area contributed by atoms with Gasteiger partial charge in [0.2, 0.25) is 5.95 Å². The van der Waals surface area contributed by atoms with E-state index in [1.165, 1.54) is 29.2 Å². The third kappa shape index (κ3) is 8.41. The summed E-state index contributed by atoms with van der Waals surface area (Å²) in [4.78, 5) is 42.3. The Hall–Kier alpha value is -4.88. The summed E-state index contributed by atoms with van der Waals surface area (Å²) in [6.07, 6.45) is -3.63. The Morgan fingerprint density at radius 3 is 2.33 bits per heavy atom. The number of halogens is 9. The molecule has 4 heterocycles. The number of urea groups is 1. The van der Waals surface area contributed by atoms with Gasteiger partial charge in [0.25, 0.3) is 5.56 Å². The van der Waals surface area contributed by atoms with Crippen molar-refractivity contribution in [3.63, 3.8) is 0 Å². The molecule has 0 aliphatic heterocycles. The van der Waals surface area contributed by atoms with Gasteiger partial charge in [-0.05, 0) is 31.7 Å². The highest BCUT2D eigenvalue weighted by molar-refractivity contribution is 6.33. The first-order chi connectivity index (χ1) is 23.0. The maximum atomic E-state index is 13.8. The number of rotatable bonds is 8. The lowest BCUT2D eigenvalue weighted by molar-refractivity contribution is -0.137. The van der Waals surface area contributed by atoms with E-state index in [-0.39, 0.29) is 53.4 Å². The van der Waals surface area contributed by atoms with Crippen LogP contribution in [0.4, 0.5) is 51.7 Å². The molecule has 5 rings (SSSR count). The zero-order valence-electron chi connectivity index (χ0n) is 25.1. The van der Waals surface area contributed by atoms with Crippen LogP contribution in [0.25, 0.3) is 22.6 Å². The van der Waals surface area contributed by atoms with Crippen molar-refractivity contribution in [3.05, 3.63) is 64.1 Å². The average Bonchev–Trinajstić information content (AvgIpc) is 3.43. The van der Waals surface area contributed by atoms with E-state index in [9.17, 15) is 44.7 Å². The average molecular weight is 721 g/mol. The van der Waals surface area contributed by atoms with Gasteiger partial charge in [0, 0.05) is 43.2 Å². The molecule has 0 atom stereocenters. The number of alkyl halides is 8. The topological polar surface area (TPSA) is 136 Å². The van der Waals surface area contributed by atoms with Crippen molar-refractivity contribution in [2.75, 3.05) is 16.8 Å². The van der Waals surface area contributed by atoms with Crippen molar-refractivity contribution in [2.24, 2.45) is 7.05 Å². The van der Waals surface area contributed by atoms with E-state index in [0.717, 1.165) is 4.90 Å². The standard InChI is InChI=1S/C28H25ClF8N10O2/c1-45-7-6-14(8-21(45)48)19-10-39-20(11-38-19)47(26(49)41-13-27(32,33)34)16-4-2-15(3-5-16)42-25-40-9-17(28(35,36)37)22(43-25)23-18(29)12-46(44-23)24(30)31/h6-12,15-16,24H,2-5,13H2,1H3,(H,41,49)(H,40,42,43)/t15-,16-. The number of pyridine rings is 1. The summed E-state index contributed by atoms with van der Waals surface area (Å²) in [7, 11) is 1.56. The van der Waals surface area contributed by atoms with Crippen molar-refractivity contribution in [3.8, 4) is 22.6 Å². The van der Waals surface area contributed by atoms with Crippen LogP contribution in [-0.2, 0) is 13.2 Å². The lowest BCUT2D eigenvalue weighted by Crippen LogP contribution is -2.50. The number of anilines is 2. The highest BCUT2D eigenvalue weighted by atomic mass is 35.5. The van der Waals surface area contributed by atoms with Crippen molar-refractivity contribution in [1.29, 1.82) is 0 Å². The minimum atomic E-state index is -4.97. The van der Waals surface area contributed by atoms with Crippen LogP contribution < -0.4 is 21.1 Å². The van der Waals surface area contributed by atoms with Gasteiger partial charge < -0.3 is 15.2 Å². The van der Waals surface area contributed by atoms with Crippen LogP contribution in [-0.4, -0.2) is 65.1 Å². The monoisotopic (exact) mass is 720 g/mol. The van der Waals surface area contributed by atoms with Crippen molar-refractivity contribution in [1.82, 2.24) is 39.6 Å². The molecule has 2 N–H and O–H groups in total. The van der Waals surface area contributed by atoms with E-state index in [2.05, 4.69) is 30.4 Å². The molecule has 12 nitrogen and oxygen atoms in total. The van der Waals surface area contributed by atoms with Crippen molar-refractivity contribution in [2.45, 2.75) is 56.7 Å². The fourth-order valence-electron chi connectivity index (χ4n) is 5.15. The highest BCUT2D eigenvalue weighted by Crippen LogP contribution is 2.38. The van der Waals surface area contributed by atoms with Gasteiger partial charge in [0.05, 0.1) is 29.3 Å². The fraction of sp³-hybridized carbons (Fsp3) is 0.393. The highest BCUT2D eigenvalue weighted by Gasteiger charge is 2.38. The van der Waals surface area contributed by atoms with Crippen molar-refractivity contribution >= 4 is 29.4 Å². The van der Waals surface area contributed by atoms with Gasteiger partial charge in [0.15, 0.2) is 5.82 Å². The molecule has 0 aromatic carbocycles. The summed E-state index contributed by atoms with van der Waals surface area (Å²) in [6.45, 7) is -4.78. The van der Waals surface area contributed by atoms with Gasteiger partial charge in [-0.15, -0.1) is 0 Å². The smallest absolute Gasteiger partial charge is 0.351 e. The number of carbonyl (C=O) groups is 1. The number of hydrogen-bond acceptors (Lipinski definition) is 8. The molecule has 0 unspecified atom stereocenters. The Labute approximate surface area is 276 Å². The summed E-state index contributed by atoms with van der Waals surface area (Å²) in [5.74, 6) is -0.342. The van der Waals surface area contributed by atoms with E-state index in [4.69, 9.17) is 11.6 Å². The van der Waals surface area contributed by atoms with Crippen LogP contribution in [0.3, 0.4) is 0 Å². The van der Waals surface area contributed by atoms with Gasteiger partial charge in [0.1, 0.15) is 23.5 Å². The summed E-state index contributed by atoms with van der Waals surface area (Å²) in [5.41, 5.74) is -2.42. The Morgan fingerprint density at radius 2 is 1.76 bits per heavy atom. The summed E-state index contributed by atoms with van der Waals surface area (Å²) >= 11 is 5.92. The van der Waals surface area contributed by atoms with Crippen LogP contribution >= 0.6 is 11.6 Å². The molecule has 1 fully saturated rings. The van der Waals surface area contributed by atoms with Gasteiger partial charge in [-0.1, -0.05) is 11.6 Å². The fourth-order valence-corrected chi connectivity index (χ4v) is 5.38. The molecule has 0 spiro atoms. The Kier molecular flexibility index (Phi) is 10.1. The number of nitrogens with one attached hydrogen (secondary N) is 2. The van der Waals surface area contributed by atoms with Gasteiger partial charge in [-0.2, -0.15) is 40.2 Å². The first kappa shape index (κ1) is 35.4. The Balaban J connectivity index is 1.34. The van der Waals surface area contributed by atoms with E-state index in [1.807, 2.05) is 5.32 Å². The second kappa shape index (κ2) is 13.9. The van der Waals surface area contributed by atoms with E-state index in [0.29, 0.717) is 18.0 Å². The van der Waals surface area contributed by atoms with E-state index in [1.54, 1.807) is 13.1 Å². The normalized spacial score (nSPS) is 16.9. The first-order valence-corrected chi connectivity index (χ1v) is 14.7. The SMILES string of the molecule is Cn1ccc(-c2cnc(N(C(=O)NCC(F)(F)F)[C@H]3CC[C@H](Nc4ncc(C(F)(F)F)c(-c5nn(C(F)F)cc5Cl)n4)CC3)cn2)cc1=O. The van der Waals surface area contributed by atoms with Crippen LogP contribution in [0.15, 0.2) is 47.9 Å². The lowest BCUT2D eigenvalue weighted by Gasteiger charge is -2.36. The molecule has 1 aliphatic carbocycles. The number of hydrogen-bond donors (Lipinski definition) is 2. The minimum Gasteiger partial charge on any atom is -0.351 e. The van der Waals surface area contributed by atoms with Crippen molar-refractivity contribution < 1.29 is 39.9 Å². The Morgan fingerprint density at radius 1 is 1.04 bits per heavy atom. The predicted molar refractivity (Wildman–Crippen MR) is 159 cm³/mol. The number of amides is 2. The van der Waals surface area contributed by atoms with Crippen LogP contribution in [0.1, 0.15) is 37.8 Å². The largest absolute Gasteiger partial charge is 0.420 e. The van der Waals surface area contributed by atoms with Crippen LogP contribution in [0.2, 0.25) is 5.02 Å². The number of carbonyl (C=O) groups excluding carboxylic acids is 1. The molecule has 0 radical (unpaired) electrons. The summed E-state index contributed by atoms with van der Waals surface area (Å²) in [6, 6.07) is 0.710. The molecule has 1 saturated carbocycles. The van der Waals surface area contributed by atoms with Gasteiger partial charge in [-0.3, -0.25) is 14.7 Å². The number of nitrogens with zero attached hydrogens (tertiary/aromatic N) is 8. The minimum absolute atomic E-state index is 0.0560. The molecule has 49 heavy (non-hydrogen) atoms. The molecule has 2 amide bonds. The lowest BCUT2D eigenvalue weighted by atomic mass is 9.90. The van der Waals surface area contributed by atoms with E-state index >= 15 is 0 Å². The second-order valence-electron chi connectivity index (χ2n) is 11.0. The van der Waals surface area contributed by atoms with Crippen LogP contribution in [0, 0.1) is 0 Å².